The molecule has 9 heteroatoms. The Balaban J connectivity index is 0.000000150. The summed E-state index contributed by atoms with van der Waals surface area (Å²) in [6.45, 7) is 9.01. The topological polar surface area (TPSA) is 106 Å². The van der Waals surface area contributed by atoms with Gasteiger partial charge in [-0.3, -0.25) is 0 Å². The molecule has 0 saturated heterocycles. The molecule has 2 aliphatic rings. The summed E-state index contributed by atoms with van der Waals surface area (Å²) >= 11 is 0. The molecule has 0 spiro atoms. The van der Waals surface area contributed by atoms with Gasteiger partial charge in [0.2, 0.25) is 0 Å². The summed E-state index contributed by atoms with van der Waals surface area (Å²) in [6, 6.07) is 16.1. The van der Waals surface area contributed by atoms with Gasteiger partial charge in [-0.05, 0) is 61.8 Å². The molecule has 2 aliphatic carbocycles. The second-order valence-corrected chi connectivity index (χ2v) is 12.7. The van der Waals surface area contributed by atoms with Crippen LogP contribution in [0.5, 0.6) is 0 Å². The van der Waals surface area contributed by atoms with Crippen molar-refractivity contribution in [3.05, 3.63) is 83.7 Å². The van der Waals surface area contributed by atoms with Crippen LogP contribution >= 0.6 is 0 Å². The van der Waals surface area contributed by atoms with Crippen molar-refractivity contribution in [1.29, 1.82) is 0 Å². The minimum atomic E-state index is 0. The third-order valence-electron chi connectivity index (χ3n) is 8.92. The molecule has 2 aromatic carbocycles. The zero-order valence-electron chi connectivity index (χ0n) is 24.9. The molecule has 0 radical (unpaired) electrons. The monoisotopic (exact) mass is 749 g/mol. The minimum Gasteiger partial charge on any atom is -0.573 e. The third kappa shape index (κ3) is 5.20. The molecule has 0 fully saturated rings. The zero-order chi connectivity index (χ0) is 28.9. The number of fused-ring (bicyclic) bond motifs is 4. The van der Waals surface area contributed by atoms with Crippen LogP contribution in [0.4, 0.5) is 0 Å². The molecule has 0 atom stereocenters. The Morgan fingerprint density at radius 1 is 0.581 bits per heavy atom. The first-order valence-electron chi connectivity index (χ1n) is 14.8. The number of rotatable bonds is 2. The molecule has 0 unspecified atom stereocenters. The maximum Gasteiger partial charge on any atom is 2.00 e. The molecule has 0 bridgehead atoms. The Labute approximate surface area is 265 Å². The van der Waals surface area contributed by atoms with Crippen molar-refractivity contribution < 1.29 is 21.1 Å². The van der Waals surface area contributed by atoms with Crippen LogP contribution in [0.25, 0.3) is 44.6 Å². The maximum atomic E-state index is 4.49. The van der Waals surface area contributed by atoms with Gasteiger partial charge in [-0.2, -0.15) is 0 Å². The molecular formula is C34H34N8Pt. The average molecular weight is 750 g/mol. The number of para-hydroxylation sites is 2. The van der Waals surface area contributed by atoms with Crippen LogP contribution in [0, 0.1) is 0 Å². The largest absolute Gasteiger partial charge is 2.00 e. The fourth-order valence-electron chi connectivity index (χ4n) is 6.65. The second kappa shape index (κ2) is 11.4. The molecule has 8 nitrogen and oxygen atoms in total. The quantitative estimate of drug-likeness (QED) is 0.197. The number of benzene rings is 2. The first-order valence-corrected chi connectivity index (χ1v) is 14.8. The Morgan fingerprint density at radius 3 is 1.44 bits per heavy atom. The van der Waals surface area contributed by atoms with E-state index in [1.165, 1.54) is 36.8 Å². The molecule has 4 heterocycles. The standard InChI is InChI=1S/2C17H17N4.Pt/c2*1-17(2)9-5-7-12-15(20-21-16(12)17)14-11-6-3-4-8-13(11)18-10-19-14;/h2*3-4,6,8,10H,5,7,9H2,1-2H3;/q2*-1;+2. The van der Waals surface area contributed by atoms with Crippen molar-refractivity contribution in [2.75, 3.05) is 0 Å². The first kappa shape index (κ1) is 29.3. The molecule has 0 saturated carbocycles. The van der Waals surface area contributed by atoms with Crippen LogP contribution in [0.2, 0.25) is 0 Å². The number of nitrogens with zero attached hydrogens (tertiary/aromatic N) is 8. The van der Waals surface area contributed by atoms with Crippen molar-refractivity contribution in [1.82, 2.24) is 40.3 Å². The summed E-state index contributed by atoms with van der Waals surface area (Å²) in [5.74, 6) is 0. The molecule has 8 rings (SSSR count). The van der Waals surface area contributed by atoms with Gasteiger partial charge in [-0.1, -0.05) is 75.5 Å². The summed E-state index contributed by atoms with van der Waals surface area (Å²) in [5, 5.41) is 20.0. The van der Waals surface area contributed by atoms with E-state index in [4.69, 9.17) is 0 Å². The van der Waals surface area contributed by atoms with Crippen LogP contribution in [0.3, 0.4) is 0 Å². The second-order valence-electron chi connectivity index (χ2n) is 12.7. The van der Waals surface area contributed by atoms with Gasteiger partial charge in [0.25, 0.3) is 0 Å². The van der Waals surface area contributed by atoms with E-state index in [2.05, 4.69) is 80.2 Å². The molecule has 43 heavy (non-hydrogen) atoms. The normalized spacial score (nSPS) is 16.5. The molecule has 0 amide bonds. The van der Waals surface area contributed by atoms with Crippen molar-refractivity contribution >= 4 is 21.8 Å². The van der Waals surface area contributed by atoms with E-state index >= 15 is 0 Å². The maximum absolute atomic E-state index is 4.49. The van der Waals surface area contributed by atoms with E-state index in [9.17, 15) is 0 Å². The molecule has 4 aromatic heterocycles. The van der Waals surface area contributed by atoms with E-state index < -0.39 is 0 Å². The van der Waals surface area contributed by atoms with Crippen LogP contribution in [0.15, 0.2) is 61.2 Å². The first-order chi connectivity index (χ1) is 20.3. The Hall–Kier alpha value is -3.77. The van der Waals surface area contributed by atoms with Gasteiger partial charge in [-0.25, -0.2) is 19.9 Å². The molecular weight excluding hydrogens is 716 g/mol. The SMILES string of the molecule is CC1(C)CCCc2c1n[n-]c2-c1ncnc2ccccc12.CC1(C)CCCc2c1n[n-]c2-c1ncnc2ccccc12.[Pt+2]. The molecule has 220 valence electrons. The van der Waals surface area contributed by atoms with Crippen LogP contribution in [-0.4, -0.2) is 30.1 Å². The van der Waals surface area contributed by atoms with Gasteiger partial charge in [0.05, 0.1) is 22.4 Å². The number of aromatic nitrogens is 8. The summed E-state index contributed by atoms with van der Waals surface area (Å²) in [5.41, 5.74) is 10.7. The third-order valence-corrected chi connectivity index (χ3v) is 8.92. The summed E-state index contributed by atoms with van der Waals surface area (Å²) in [6.07, 6.45) is 10.0. The number of hydrogen-bond donors (Lipinski definition) is 0. The summed E-state index contributed by atoms with van der Waals surface area (Å²) < 4.78 is 0. The molecule has 0 N–H and O–H groups in total. The average Bonchev–Trinajstić information content (AvgIpc) is 3.63. The van der Waals surface area contributed by atoms with Crippen molar-refractivity contribution in [2.45, 2.75) is 77.0 Å². The fraction of sp³-hybridized carbons (Fsp3) is 0.353. The van der Waals surface area contributed by atoms with E-state index in [1.807, 2.05) is 36.4 Å². The van der Waals surface area contributed by atoms with Crippen LogP contribution in [-0.2, 0) is 44.7 Å². The van der Waals surface area contributed by atoms with Crippen molar-refractivity contribution in [3.8, 4) is 22.8 Å². The van der Waals surface area contributed by atoms with Crippen molar-refractivity contribution in [3.63, 3.8) is 0 Å². The zero-order valence-corrected chi connectivity index (χ0v) is 27.2. The van der Waals surface area contributed by atoms with Crippen molar-refractivity contribution in [2.24, 2.45) is 0 Å². The predicted molar refractivity (Wildman–Crippen MR) is 164 cm³/mol. The summed E-state index contributed by atoms with van der Waals surface area (Å²) in [7, 11) is 0. The fourth-order valence-corrected chi connectivity index (χ4v) is 6.65. The van der Waals surface area contributed by atoms with Gasteiger partial charge in [0.1, 0.15) is 12.7 Å². The predicted octanol–water partition coefficient (Wildman–Crippen LogP) is 6.52. The molecule has 6 aromatic rings. The van der Waals surface area contributed by atoms with E-state index in [-0.39, 0.29) is 31.9 Å². The Bertz CT molecular complexity index is 1770. The van der Waals surface area contributed by atoms with Gasteiger partial charge < -0.3 is 20.4 Å². The van der Waals surface area contributed by atoms with Gasteiger partial charge in [-0.15, -0.1) is 0 Å². The number of hydrogen-bond acceptors (Lipinski definition) is 6. The summed E-state index contributed by atoms with van der Waals surface area (Å²) in [4.78, 5) is 17.6. The van der Waals surface area contributed by atoms with Gasteiger partial charge in [0, 0.05) is 33.0 Å². The molecule has 0 aliphatic heterocycles. The van der Waals surface area contributed by atoms with Gasteiger partial charge in [0.15, 0.2) is 0 Å². The minimum absolute atomic E-state index is 0. The van der Waals surface area contributed by atoms with Crippen LogP contribution in [0.1, 0.15) is 75.9 Å². The van der Waals surface area contributed by atoms with Gasteiger partial charge >= 0.3 is 21.1 Å². The smallest absolute Gasteiger partial charge is 0.573 e. The van der Waals surface area contributed by atoms with E-state index in [1.54, 1.807) is 12.7 Å². The Morgan fingerprint density at radius 2 is 1.00 bits per heavy atom. The van der Waals surface area contributed by atoms with E-state index in [0.29, 0.717) is 0 Å². The van der Waals surface area contributed by atoms with E-state index in [0.717, 1.165) is 68.8 Å². The van der Waals surface area contributed by atoms with Crippen LogP contribution < -0.4 is 10.2 Å². The Kier molecular flexibility index (Phi) is 7.76.